The highest BCUT2D eigenvalue weighted by Gasteiger charge is 2.29. The SMILES string of the molecule is O=C(CC1CCS(=O)(=O)C1)NCc1ccc(C#CCO)s1. The molecule has 0 aromatic carbocycles. The Morgan fingerprint density at radius 3 is 2.95 bits per heavy atom. The second kappa shape index (κ2) is 7.07. The van der Waals surface area contributed by atoms with Gasteiger partial charge in [0.25, 0.3) is 0 Å². The standard InChI is InChI=1S/C14H17NO4S2/c16-6-1-2-12-3-4-13(20-12)9-15-14(17)8-11-5-7-21(18,19)10-11/h3-4,11,16H,5-10H2,(H,15,17). The fourth-order valence-corrected chi connectivity index (χ4v) is 4.90. The fraction of sp³-hybridized carbons (Fsp3) is 0.500. The fourth-order valence-electron chi connectivity index (χ4n) is 2.22. The predicted octanol–water partition coefficient (Wildman–Crippen LogP) is 0.533. The van der Waals surface area contributed by atoms with Crippen LogP contribution in [0.4, 0.5) is 0 Å². The number of hydrogen-bond donors (Lipinski definition) is 2. The van der Waals surface area contributed by atoms with Gasteiger partial charge < -0.3 is 10.4 Å². The topological polar surface area (TPSA) is 83.5 Å². The Kier molecular flexibility index (Phi) is 5.39. The minimum absolute atomic E-state index is 0.0516. The molecule has 1 aliphatic heterocycles. The maximum absolute atomic E-state index is 11.8. The smallest absolute Gasteiger partial charge is 0.220 e. The summed E-state index contributed by atoms with van der Waals surface area (Å²) in [5, 5.41) is 11.4. The molecule has 1 aromatic heterocycles. The summed E-state index contributed by atoms with van der Waals surface area (Å²) < 4.78 is 22.7. The first-order chi connectivity index (χ1) is 9.98. The van der Waals surface area contributed by atoms with Gasteiger partial charge in [0.15, 0.2) is 9.84 Å². The van der Waals surface area contributed by atoms with E-state index in [2.05, 4.69) is 17.2 Å². The Morgan fingerprint density at radius 2 is 2.29 bits per heavy atom. The lowest BCUT2D eigenvalue weighted by molar-refractivity contribution is -0.122. The molecule has 0 radical (unpaired) electrons. The maximum Gasteiger partial charge on any atom is 0.220 e. The molecule has 114 valence electrons. The van der Waals surface area contributed by atoms with Gasteiger partial charge in [-0.3, -0.25) is 4.79 Å². The van der Waals surface area contributed by atoms with Gasteiger partial charge in [0.05, 0.1) is 22.9 Å². The van der Waals surface area contributed by atoms with Gasteiger partial charge in [-0.2, -0.15) is 0 Å². The quantitative estimate of drug-likeness (QED) is 0.791. The highest BCUT2D eigenvalue weighted by Crippen LogP contribution is 2.21. The highest BCUT2D eigenvalue weighted by atomic mass is 32.2. The van der Waals surface area contributed by atoms with E-state index in [1.807, 2.05) is 12.1 Å². The first kappa shape index (κ1) is 16.0. The average Bonchev–Trinajstić information content (AvgIpc) is 3.00. The van der Waals surface area contributed by atoms with Crippen LogP contribution in [0, 0.1) is 17.8 Å². The van der Waals surface area contributed by atoms with Crippen molar-refractivity contribution in [2.45, 2.75) is 19.4 Å². The van der Waals surface area contributed by atoms with Gasteiger partial charge in [-0.05, 0) is 24.5 Å². The van der Waals surface area contributed by atoms with E-state index in [0.717, 1.165) is 9.75 Å². The van der Waals surface area contributed by atoms with E-state index in [9.17, 15) is 13.2 Å². The van der Waals surface area contributed by atoms with Gasteiger partial charge in [0, 0.05) is 11.3 Å². The summed E-state index contributed by atoms with van der Waals surface area (Å²) in [6.07, 6.45) is 0.845. The van der Waals surface area contributed by atoms with E-state index in [0.29, 0.717) is 13.0 Å². The first-order valence-corrected chi connectivity index (χ1v) is 9.28. The molecular formula is C14H17NO4S2. The minimum atomic E-state index is -2.93. The summed E-state index contributed by atoms with van der Waals surface area (Å²) in [5.74, 6) is 5.53. The van der Waals surface area contributed by atoms with Crippen molar-refractivity contribution in [3.8, 4) is 11.8 Å². The predicted molar refractivity (Wildman–Crippen MR) is 81.5 cm³/mol. The number of rotatable bonds is 4. The summed E-state index contributed by atoms with van der Waals surface area (Å²) in [6.45, 7) is 0.248. The number of hydrogen-bond acceptors (Lipinski definition) is 5. The van der Waals surface area contributed by atoms with E-state index < -0.39 is 9.84 Å². The molecule has 2 rings (SSSR count). The lowest BCUT2D eigenvalue weighted by atomic mass is 10.1. The summed E-state index contributed by atoms with van der Waals surface area (Å²) in [7, 11) is -2.93. The van der Waals surface area contributed by atoms with Gasteiger partial charge in [-0.25, -0.2) is 8.42 Å². The lowest BCUT2D eigenvalue weighted by Gasteiger charge is -2.07. The van der Waals surface area contributed by atoms with Crippen molar-refractivity contribution in [2.24, 2.45) is 5.92 Å². The monoisotopic (exact) mass is 327 g/mol. The average molecular weight is 327 g/mol. The molecule has 0 bridgehead atoms. The summed E-state index contributed by atoms with van der Waals surface area (Å²) in [6, 6.07) is 3.73. The molecule has 5 nitrogen and oxygen atoms in total. The molecule has 0 aliphatic carbocycles. The largest absolute Gasteiger partial charge is 0.384 e. The van der Waals surface area contributed by atoms with Crippen molar-refractivity contribution >= 4 is 27.1 Å². The van der Waals surface area contributed by atoms with Crippen LogP contribution in [0.3, 0.4) is 0 Å². The van der Waals surface area contributed by atoms with Crippen LogP contribution in [0.5, 0.6) is 0 Å². The van der Waals surface area contributed by atoms with E-state index >= 15 is 0 Å². The molecule has 2 heterocycles. The number of carbonyl (C=O) groups excluding carboxylic acids is 1. The number of aliphatic hydroxyl groups excluding tert-OH is 1. The molecule has 1 saturated heterocycles. The molecule has 21 heavy (non-hydrogen) atoms. The Labute approximate surface area is 128 Å². The number of sulfone groups is 1. The molecule has 1 aromatic rings. The van der Waals surface area contributed by atoms with Crippen molar-refractivity contribution in [1.82, 2.24) is 5.32 Å². The molecular weight excluding hydrogens is 310 g/mol. The zero-order valence-corrected chi connectivity index (χ0v) is 13.1. The van der Waals surface area contributed by atoms with Crippen molar-refractivity contribution < 1.29 is 18.3 Å². The maximum atomic E-state index is 11.8. The molecule has 1 atom stereocenters. The second-order valence-corrected chi connectivity index (χ2v) is 8.37. The number of thiophene rings is 1. The van der Waals surface area contributed by atoms with Crippen LogP contribution < -0.4 is 5.32 Å². The summed E-state index contributed by atoms with van der Waals surface area (Å²) in [5.41, 5.74) is 0. The van der Waals surface area contributed by atoms with E-state index in [4.69, 9.17) is 5.11 Å². The third kappa shape index (κ3) is 5.16. The Hall–Kier alpha value is -1.36. The first-order valence-electron chi connectivity index (χ1n) is 6.64. The van der Waals surface area contributed by atoms with Crippen molar-refractivity contribution in [3.05, 3.63) is 21.9 Å². The molecule has 1 fully saturated rings. The molecule has 0 saturated carbocycles. The van der Waals surface area contributed by atoms with Crippen molar-refractivity contribution in [2.75, 3.05) is 18.1 Å². The number of nitrogens with one attached hydrogen (secondary N) is 1. The third-order valence-corrected chi connectivity index (χ3v) is 6.05. The number of carbonyl (C=O) groups is 1. The number of amides is 1. The lowest BCUT2D eigenvalue weighted by Crippen LogP contribution is -2.25. The minimum Gasteiger partial charge on any atom is -0.384 e. The van der Waals surface area contributed by atoms with Crippen LogP contribution in [0.15, 0.2) is 12.1 Å². The van der Waals surface area contributed by atoms with Crippen LogP contribution in [0.2, 0.25) is 0 Å². The van der Waals surface area contributed by atoms with Gasteiger partial charge in [0.2, 0.25) is 5.91 Å². The van der Waals surface area contributed by atoms with Gasteiger partial charge in [0.1, 0.15) is 6.61 Å². The normalized spacial score (nSPS) is 19.8. The van der Waals surface area contributed by atoms with Crippen LogP contribution in [0.1, 0.15) is 22.6 Å². The van der Waals surface area contributed by atoms with Crippen LogP contribution in [-0.4, -0.2) is 37.5 Å². The van der Waals surface area contributed by atoms with Crippen molar-refractivity contribution in [1.29, 1.82) is 0 Å². The summed E-state index contributed by atoms with van der Waals surface area (Å²) in [4.78, 5) is 13.6. The molecule has 1 amide bonds. The van der Waals surface area contributed by atoms with Crippen LogP contribution in [-0.2, 0) is 21.2 Å². The van der Waals surface area contributed by atoms with Crippen LogP contribution >= 0.6 is 11.3 Å². The zero-order valence-electron chi connectivity index (χ0n) is 11.5. The van der Waals surface area contributed by atoms with Crippen LogP contribution in [0.25, 0.3) is 0 Å². The van der Waals surface area contributed by atoms with Gasteiger partial charge in [-0.1, -0.05) is 11.8 Å². The molecule has 1 unspecified atom stereocenters. The molecule has 0 spiro atoms. The van der Waals surface area contributed by atoms with E-state index in [1.165, 1.54) is 11.3 Å². The highest BCUT2D eigenvalue weighted by molar-refractivity contribution is 7.91. The molecule has 1 aliphatic rings. The third-order valence-electron chi connectivity index (χ3n) is 3.21. The Balaban J connectivity index is 1.78. The molecule has 7 heteroatoms. The zero-order chi connectivity index (χ0) is 15.3. The Bertz CT molecular complexity index is 667. The van der Waals surface area contributed by atoms with Gasteiger partial charge in [-0.15, -0.1) is 11.3 Å². The van der Waals surface area contributed by atoms with Gasteiger partial charge >= 0.3 is 0 Å². The van der Waals surface area contributed by atoms with E-state index in [1.54, 1.807) is 0 Å². The molecule has 2 N–H and O–H groups in total. The number of aliphatic hydroxyl groups is 1. The summed E-state index contributed by atoms with van der Waals surface area (Å²) >= 11 is 1.46. The Morgan fingerprint density at radius 1 is 1.48 bits per heavy atom. The second-order valence-electron chi connectivity index (χ2n) is 4.98. The van der Waals surface area contributed by atoms with E-state index in [-0.39, 0.29) is 36.4 Å². The van der Waals surface area contributed by atoms with Crippen molar-refractivity contribution in [3.63, 3.8) is 0 Å².